The number of hydrogen-bond acceptors (Lipinski definition) is 6. The number of carbonyl (C=O) groups is 2. The van der Waals surface area contributed by atoms with Crippen LogP contribution in [0, 0.1) is 0 Å². The van der Waals surface area contributed by atoms with Gasteiger partial charge in [-0.15, -0.1) is 0 Å². The Morgan fingerprint density at radius 3 is 2.39 bits per heavy atom. The van der Waals surface area contributed by atoms with Gasteiger partial charge in [-0.1, -0.05) is 40.2 Å². The summed E-state index contributed by atoms with van der Waals surface area (Å²) in [7, 11) is 0. The lowest BCUT2D eigenvalue weighted by Gasteiger charge is -2.34. The zero-order chi connectivity index (χ0) is 21.8. The molecule has 0 unspecified atom stereocenters. The fourth-order valence-corrected chi connectivity index (χ4v) is 4.00. The number of anilines is 1. The Morgan fingerprint density at radius 1 is 0.935 bits per heavy atom. The largest absolute Gasteiger partial charge is 0.383 e. The molecule has 8 heteroatoms. The molecule has 1 fully saturated rings. The number of halogens is 1. The minimum absolute atomic E-state index is 0.00877. The molecular formula is C23H24BrN5O2. The summed E-state index contributed by atoms with van der Waals surface area (Å²) in [6.45, 7) is 3.34. The Balaban J connectivity index is 1.27. The molecule has 1 saturated heterocycles. The second-order valence-corrected chi connectivity index (χ2v) is 8.54. The number of Topliss-reactive ketones (excluding diaryl/α,β-unsaturated/α-hetero) is 1. The number of fused-ring (bicyclic) bond motifs is 1. The number of aromatic nitrogens is 2. The van der Waals surface area contributed by atoms with E-state index in [-0.39, 0.29) is 24.5 Å². The van der Waals surface area contributed by atoms with Crippen molar-refractivity contribution < 1.29 is 9.59 Å². The van der Waals surface area contributed by atoms with E-state index in [0.29, 0.717) is 36.8 Å². The lowest BCUT2D eigenvalue weighted by atomic mass is 10.1. The average Bonchev–Trinajstić information content (AvgIpc) is 2.78. The normalized spacial score (nSPS) is 14.7. The highest BCUT2D eigenvalue weighted by molar-refractivity contribution is 9.10. The fourth-order valence-electron chi connectivity index (χ4n) is 3.74. The summed E-state index contributed by atoms with van der Waals surface area (Å²) in [5.41, 5.74) is 7.56. The van der Waals surface area contributed by atoms with Gasteiger partial charge in [0.15, 0.2) is 5.78 Å². The maximum Gasteiger partial charge on any atom is 0.223 e. The first-order chi connectivity index (χ1) is 15.0. The monoisotopic (exact) mass is 481 g/mol. The van der Waals surface area contributed by atoms with Crippen LogP contribution in [0.4, 0.5) is 5.82 Å². The molecular weight excluding hydrogens is 458 g/mol. The number of para-hydroxylation sites is 1. The summed E-state index contributed by atoms with van der Waals surface area (Å²) < 4.78 is 0.926. The molecule has 1 amide bonds. The number of piperazine rings is 1. The molecule has 0 saturated carbocycles. The van der Waals surface area contributed by atoms with Gasteiger partial charge in [0.2, 0.25) is 5.91 Å². The van der Waals surface area contributed by atoms with E-state index in [2.05, 4.69) is 30.8 Å². The van der Waals surface area contributed by atoms with Gasteiger partial charge >= 0.3 is 0 Å². The molecule has 0 bridgehead atoms. The van der Waals surface area contributed by atoms with E-state index in [4.69, 9.17) is 5.73 Å². The van der Waals surface area contributed by atoms with Crippen molar-refractivity contribution in [2.45, 2.75) is 19.4 Å². The van der Waals surface area contributed by atoms with Crippen LogP contribution in [0.3, 0.4) is 0 Å². The van der Waals surface area contributed by atoms with Gasteiger partial charge in [-0.3, -0.25) is 14.5 Å². The topological polar surface area (TPSA) is 92.4 Å². The van der Waals surface area contributed by atoms with Gasteiger partial charge < -0.3 is 10.6 Å². The Bertz CT molecular complexity index is 1090. The molecule has 7 nitrogen and oxygen atoms in total. The van der Waals surface area contributed by atoms with Crippen molar-refractivity contribution >= 4 is 44.3 Å². The summed E-state index contributed by atoms with van der Waals surface area (Å²) in [6.07, 6.45) is 0.462. The standard InChI is InChI=1S/C23H24BrN5O2/c24-17-7-5-16(6-8-17)20(30)9-10-22(31)29-13-11-28(12-14-29)15-21-26-19-4-2-1-3-18(19)23(25)27-21/h1-8H,9-15H2,(H2,25,26,27). The van der Waals surface area contributed by atoms with Crippen LogP contribution in [0.15, 0.2) is 53.0 Å². The lowest BCUT2D eigenvalue weighted by molar-refractivity contribution is -0.133. The van der Waals surface area contributed by atoms with Crippen LogP contribution < -0.4 is 5.73 Å². The number of rotatable bonds is 6. The van der Waals surface area contributed by atoms with E-state index >= 15 is 0 Å². The van der Waals surface area contributed by atoms with Gasteiger partial charge in [-0.2, -0.15) is 0 Å². The molecule has 4 rings (SSSR count). The van der Waals surface area contributed by atoms with Gasteiger partial charge in [0.05, 0.1) is 12.1 Å². The number of nitrogens with zero attached hydrogens (tertiary/aromatic N) is 4. The van der Waals surface area contributed by atoms with Crippen LogP contribution in [-0.2, 0) is 11.3 Å². The maximum atomic E-state index is 12.6. The van der Waals surface area contributed by atoms with E-state index in [1.807, 2.05) is 41.3 Å². The summed E-state index contributed by atoms with van der Waals surface area (Å²) in [6, 6.07) is 14.9. The summed E-state index contributed by atoms with van der Waals surface area (Å²) in [5.74, 6) is 1.20. The first-order valence-corrected chi connectivity index (χ1v) is 11.1. The highest BCUT2D eigenvalue weighted by Gasteiger charge is 2.22. The zero-order valence-corrected chi connectivity index (χ0v) is 18.7. The number of hydrogen-bond donors (Lipinski definition) is 1. The number of ketones is 1. The summed E-state index contributed by atoms with van der Waals surface area (Å²) in [5, 5.41) is 0.861. The Labute approximate surface area is 189 Å². The molecule has 1 aliphatic heterocycles. The predicted molar refractivity (Wildman–Crippen MR) is 124 cm³/mol. The van der Waals surface area contributed by atoms with Crippen molar-refractivity contribution in [1.29, 1.82) is 0 Å². The molecule has 2 N–H and O–H groups in total. The van der Waals surface area contributed by atoms with Crippen molar-refractivity contribution in [1.82, 2.24) is 19.8 Å². The molecule has 0 radical (unpaired) electrons. The van der Waals surface area contributed by atoms with Gasteiger partial charge in [0, 0.05) is 54.4 Å². The van der Waals surface area contributed by atoms with Crippen LogP contribution in [-0.4, -0.2) is 57.6 Å². The first-order valence-electron chi connectivity index (χ1n) is 10.3. The van der Waals surface area contributed by atoms with E-state index in [0.717, 1.165) is 28.5 Å². The van der Waals surface area contributed by atoms with E-state index < -0.39 is 0 Å². The van der Waals surface area contributed by atoms with Gasteiger partial charge in [-0.05, 0) is 24.3 Å². The third kappa shape index (κ3) is 5.26. The number of amides is 1. The highest BCUT2D eigenvalue weighted by Crippen LogP contribution is 2.18. The minimum atomic E-state index is -0.00877. The number of benzene rings is 2. The van der Waals surface area contributed by atoms with E-state index in [1.165, 1.54) is 0 Å². The van der Waals surface area contributed by atoms with Gasteiger partial charge in [0.1, 0.15) is 11.6 Å². The first kappa shape index (κ1) is 21.4. The lowest BCUT2D eigenvalue weighted by Crippen LogP contribution is -2.48. The molecule has 0 atom stereocenters. The van der Waals surface area contributed by atoms with Crippen molar-refractivity contribution in [2.75, 3.05) is 31.9 Å². The number of nitrogens with two attached hydrogens (primary N) is 1. The summed E-state index contributed by atoms with van der Waals surface area (Å²) in [4.78, 5) is 38.0. The SMILES string of the molecule is Nc1nc(CN2CCN(C(=O)CCC(=O)c3ccc(Br)cc3)CC2)nc2ccccc12. The van der Waals surface area contributed by atoms with Gasteiger partial charge in [-0.25, -0.2) is 9.97 Å². The zero-order valence-electron chi connectivity index (χ0n) is 17.1. The molecule has 31 heavy (non-hydrogen) atoms. The maximum absolute atomic E-state index is 12.6. The van der Waals surface area contributed by atoms with E-state index in [9.17, 15) is 9.59 Å². The van der Waals surface area contributed by atoms with Gasteiger partial charge in [0.25, 0.3) is 0 Å². The van der Waals surface area contributed by atoms with Crippen LogP contribution >= 0.6 is 15.9 Å². The number of nitrogen functional groups attached to an aromatic ring is 1. The molecule has 1 aromatic heterocycles. The van der Waals surface area contributed by atoms with E-state index in [1.54, 1.807) is 12.1 Å². The molecule has 3 aromatic rings. The van der Waals surface area contributed by atoms with Crippen molar-refractivity contribution in [3.8, 4) is 0 Å². The Morgan fingerprint density at radius 2 is 1.65 bits per heavy atom. The third-order valence-corrected chi connectivity index (χ3v) is 6.03. The Hall–Kier alpha value is -2.84. The smallest absolute Gasteiger partial charge is 0.223 e. The second-order valence-electron chi connectivity index (χ2n) is 7.63. The van der Waals surface area contributed by atoms with Crippen molar-refractivity contribution in [3.05, 3.63) is 64.4 Å². The van der Waals surface area contributed by atoms with Crippen LogP contribution in [0.2, 0.25) is 0 Å². The van der Waals surface area contributed by atoms with Crippen LogP contribution in [0.1, 0.15) is 29.0 Å². The molecule has 2 heterocycles. The molecule has 160 valence electrons. The molecule has 2 aromatic carbocycles. The molecule has 0 spiro atoms. The highest BCUT2D eigenvalue weighted by atomic mass is 79.9. The van der Waals surface area contributed by atoms with Crippen LogP contribution in [0.25, 0.3) is 10.9 Å². The quantitative estimate of drug-likeness (QED) is 0.543. The van der Waals surface area contributed by atoms with Crippen LogP contribution in [0.5, 0.6) is 0 Å². The second kappa shape index (κ2) is 9.53. The average molecular weight is 482 g/mol. The number of carbonyl (C=O) groups excluding carboxylic acids is 2. The van der Waals surface area contributed by atoms with Crippen molar-refractivity contribution in [2.24, 2.45) is 0 Å². The molecule has 0 aliphatic carbocycles. The Kier molecular flexibility index (Phi) is 6.58. The van der Waals surface area contributed by atoms with Crippen molar-refractivity contribution in [3.63, 3.8) is 0 Å². The molecule has 1 aliphatic rings. The minimum Gasteiger partial charge on any atom is -0.383 e. The predicted octanol–water partition coefficient (Wildman–Crippen LogP) is 3.28. The third-order valence-electron chi connectivity index (χ3n) is 5.50. The summed E-state index contributed by atoms with van der Waals surface area (Å²) >= 11 is 3.36. The fraction of sp³-hybridized carbons (Fsp3) is 0.304.